The fourth-order valence-corrected chi connectivity index (χ4v) is 0.552. The average molecular weight is 136 g/mol. The van der Waals surface area contributed by atoms with Crippen molar-refractivity contribution in [1.82, 2.24) is 0 Å². The number of hydrogen-bond acceptors (Lipinski definition) is 3. The van der Waals surface area contributed by atoms with Crippen LogP contribution < -0.4 is 0 Å². The van der Waals surface area contributed by atoms with Gasteiger partial charge in [0.2, 0.25) is 0 Å². The van der Waals surface area contributed by atoms with Gasteiger partial charge in [0.05, 0.1) is 6.61 Å². The fourth-order valence-electron chi connectivity index (χ4n) is 0.552. The van der Waals surface area contributed by atoms with Crippen molar-refractivity contribution in [3.8, 4) is 0 Å². The molecule has 0 fully saturated rings. The van der Waals surface area contributed by atoms with E-state index in [1.807, 2.05) is 0 Å². The molecule has 1 atom stereocenters. The van der Waals surface area contributed by atoms with Crippen LogP contribution in [0.5, 0.6) is 0 Å². The van der Waals surface area contributed by atoms with E-state index in [1.54, 1.807) is 14.0 Å². The molecule has 0 aromatic rings. The lowest BCUT2D eigenvalue weighted by Gasteiger charge is -2.08. The molecule has 0 aromatic carbocycles. The molecule has 0 saturated heterocycles. The summed E-state index contributed by atoms with van der Waals surface area (Å²) in [6.07, 6.45) is -0.132. The summed E-state index contributed by atoms with van der Waals surface area (Å²) >= 11 is 0. The van der Waals surface area contributed by atoms with E-state index in [2.05, 4.69) is 0 Å². The number of hydrogen-bond donors (Lipinski definition) is 0. The van der Waals surface area contributed by atoms with Crippen molar-refractivity contribution in [2.75, 3.05) is 13.7 Å². The molecule has 0 amide bonds. The van der Waals surface area contributed by atoms with Gasteiger partial charge in [-0.15, -0.1) is 0 Å². The SMILES string of the molecule is COCC(C)OC(C)=O.[2H][2H]. The molecule has 0 rings (SSSR count). The van der Waals surface area contributed by atoms with Crippen molar-refractivity contribution in [2.45, 2.75) is 20.0 Å². The van der Waals surface area contributed by atoms with Crippen LogP contribution in [0.3, 0.4) is 0 Å². The Kier molecular flexibility index (Phi) is 3.15. The maximum atomic E-state index is 10.3. The summed E-state index contributed by atoms with van der Waals surface area (Å²) in [7, 11) is 1.57. The molecule has 0 aliphatic rings. The van der Waals surface area contributed by atoms with E-state index in [1.165, 1.54) is 6.92 Å². The summed E-state index contributed by atoms with van der Waals surface area (Å²) in [6, 6.07) is 0. The molecule has 0 radical (unpaired) electrons. The number of carbonyl (C=O) groups excluding carboxylic acids is 1. The molecule has 0 aromatic heterocycles. The van der Waals surface area contributed by atoms with Crippen LogP contribution >= 0.6 is 0 Å². The van der Waals surface area contributed by atoms with Gasteiger partial charge in [0.25, 0.3) is 0 Å². The molecule has 56 valence electrons. The summed E-state index contributed by atoms with van der Waals surface area (Å²) in [5.74, 6) is -0.264. The highest BCUT2D eigenvalue weighted by molar-refractivity contribution is 5.66. The minimum absolute atomic E-state index is 0.132. The van der Waals surface area contributed by atoms with Crippen LogP contribution in [0.25, 0.3) is 0 Å². The number of esters is 1. The van der Waals surface area contributed by atoms with Crippen LogP contribution in [-0.4, -0.2) is 25.8 Å². The van der Waals surface area contributed by atoms with Gasteiger partial charge in [-0.1, -0.05) is 0 Å². The van der Waals surface area contributed by atoms with Crippen LogP contribution in [0.15, 0.2) is 0 Å². The highest BCUT2D eigenvalue weighted by atomic mass is 16.6. The number of rotatable bonds is 3. The topological polar surface area (TPSA) is 35.5 Å². The van der Waals surface area contributed by atoms with Crippen molar-refractivity contribution in [2.24, 2.45) is 0 Å². The van der Waals surface area contributed by atoms with Crippen molar-refractivity contribution >= 4 is 5.97 Å². The standard InChI is InChI=1S/C6H12O3.H2/c1-5(4-8-3)9-6(2)7;/h5H,4H2,1-3H3;1H/i;1+1D. The van der Waals surface area contributed by atoms with Gasteiger partial charge in [-0.2, -0.15) is 0 Å². The predicted molar refractivity (Wildman–Crippen MR) is 35.2 cm³/mol. The lowest BCUT2D eigenvalue weighted by molar-refractivity contribution is -0.147. The molecule has 3 nitrogen and oxygen atoms in total. The van der Waals surface area contributed by atoms with Gasteiger partial charge in [0.1, 0.15) is 6.10 Å². The monoisotopic (exact) mass is 136 g/mol. The first-order chi connectivity index (χ1) is 5.16. The van der Waals surface area contributed by atoms with E-state index in [-0.39, 0.29) is 12.1 Å². The lowest BCUT2D eigenvalue weighted by Crippen LogP contribution is -2.17. The highest BCUT2D eigenvalue weighted by Crippen LogP contribution is 1.90. The van der Waals surface area contributed by atoms with Gasteiger partial charge in [-0.05, 0) is 6.92 Å². The van der Waals surface area contributed by atoms with Crippen molar-refractivity contribution < 1.29 is 17.2 Å². The molecule has 0 heterocycles. The Morgan fingerprint density at radius 3 is 2.78 bits per heavy atom. The minimum Gasteiger partial charge on any atom is -0.460 e. The lowest BCUT2D eigenvalue weighted by atomic mass is 10.4. The number of methoxy groups -OCH3 is 1. The summed E-state index contributed by atoms with van der Waals surface area (Å²) in [6.45, 7) is 3.62. The Morgan fingerprint density at radius 1 is 1.89 bits per heavy atom. The van der Waals surface area contributed by atoms with Crippen molar-refractivity contribution in [1.29, 1.82) is 0 Å². The van der Waals surface area contributed by atoms with Gasteiger partial charge < -0.3 is 9.47 Å². The van der Waals surface area contributed by atoms with Crippen molar-refractivity contribution in [3.63, 3.8) is 0 Å². The van der Waals surface area contributed by atoms with Gasteiger partial charge in [-0.3, -0.25) is 4.79 Å². The molecular weight excluding hydrogens is 120 g/mol. The maximum Gasteiger partial charge on any atom is 0.302 e. The highest BCUT2D eigenvalue weighted by Gasteiger charge is 2.02. The smallest absolute Gasteiger partial charge is 0.302 e. The van der Waals surface area contributed by atoms with E-state index in [4.69, 9.17) is 12.4 Å². The van der Waals surface area contributed by atoms with E-state index in [0.29, 0.717) is 6.61 Å². The Hall–Kier alpha value is -0.570. The third-order valence-corrected chi connectivity index (χ3v) is 0.769. The zero-order valence-electron chi connectivity index (χ0n) is 8.01. The van der Waals surface area contributed by atoms with Crippen molar-refractivity contribution in [3.05, 3.63) is 0 Å². The van der Waals surface area contributed by atoms with Crippen LogP contribution in [0, 0.1) is 0 Å². The van der Waals surface area contributed by atoms with Crippen LogP contribution in [0.1, 0.15) is 16.8 Å². The molecule has 0 aliphatic carbocycles. The average Bonchev–Trinajstić information content (AvgIpc) is 1.91. The van der Waals surface area contributed by atoms with Gasteiger partial charge in [0, 0.05) is 17.0 Å². The van der Waals surface area contributed by atoms with E-state index >= 15 is 0 Å². The Balaban J connectivity index is 0. The third-order valence-electron chi connectivity index (χ3n) is 0.769. The second kappa shape index (κ2) is 4.32. The molecule has 0 saturated carbocycles. The van der Waals surface area contributed by atoms with Crippen LogP contribution in [-0.2, 0) is 14.3 Å². The Labute approximate surface area is 58.0 Å². The first-order valence-corrected chi connectivity index (χ1v) is 2.83. The normalized spacial score (nSPS) is 13.7. The number of ether oxygens (including phenoxy) is 2. The summed E-state index contributed by atoms with van der Waals surface area (Å²) in [5.41, 5.74) is 0. The molecule has 9 heavy (non-hydrogen) atoms. The fraction of sp³-hybridized carbons (Fsp3) is 0.833. The molecule has 0 N–H and O–H groups in total. The first-order valence-electron chi connectivity index (χ1n) is 3.83. The van der Waals surface area contributed by atoms with Gasteiger partial charge in [-0.25, -0.2) is 0 Å². The quantitative estimate of drug-likeness (QED) is 0.539. The van der Waals surface area contributed by atoms with Crippen LogP contribution in [0.2, 0.25) is 0 Å². The van der Waals surface area contributed by atoms with E-state index < -0.39 is 0 Å². The second-order valence-corrected chi connectivity index (χ2v) is 1.88. The number of carbonyl (C=O) groups is 1. The summed E-state index contributed by atoms with van der Waals surface area (Å²) < 4.78 is 19.5. The zero-order valence-corrected chi connectivity index (χ0v) is 6.01. The minimum atomic E-state index is -0.264. The molecule has 1 unspecified atom stereocenters. The first kappa shape index (κ1) is 6.55. The maximum absolute atomic E-state index is 10.3. The van der Waals surface area contributed by atoms with Crippen LogP contribution in [0.4, 0.5) is 0 Å². The summed E-state index contributed by atoms with van der Waals surface area (Å²) in [4.78, 5) is 10.3. The largest absolute Gasteiger partial charge is 0.460 e. The predicted octanol–water partition coefficient (Wildman–Crippen LogP) is 0.830. The molecule has 0 bridgehead atoms. The van der Waals surface area contributed by atoms with E-state index in [0.717, 1.165) is 0 Å². The van der Waals surface area contributed by atoms with Gasteiger partial charge in [0.15, 0.2) is 0 Å². The Bertz CT molecular complexity index is 97.8. The molecule has 0 aliphatic heterocycles. The van der Waals surface area contributed by atoms with E-state index in [9.17, 15) is 4.79 Å². The molecule has 3 heteroatoms. The van der Waals surface area contributed by atoms with Gasteiger partial charge >= 0.3 is 5.97 Å². The Morgan fingerprint density at radius 2 is 2.44 bits per heavy atom. The molecule has 0 spiro atoms. The third kappa shape index (κ3) is 5.30. The second-order valence-electron chi connectivity index (χ2n) is 1.88. The summed E-state index contributed by atoms with van der Waals surface area (Å²) in [5, 5.41) is 0. The molecular formula is C6H14O3. The zero-order chi connectivity index (χ0) is 9.28.